The van der Waals surface area contributed by atoms with E-state index in [0.29, 0.717) is 17.2 Å². The van der Waals surface area contributed by atoms with E-state index in [1.54, 1.807) is 12.1 Å². The molecule has 0 aliphatic heterocycles. The minimum absolute atomic E-state index is 0.349. The quantitative estimate of drug-likeness (QED) is 0.495. The number of nitrogens with two attached hydrogens (primary N) is 1. The number of nitrogens with zero attached hydrogens (tertiary/aromatic N) is 1. The monoisotopic (exact) mass is 383 g/mol. The molecule has 1 amide bonds. The van der Waals surface area contributed by atoms with Gasteiger partial charge in [0, 0.05) is 30.7 Å². The topological polar surface area (TPSA) is 77.2 Å². The molecule has 0 spiro atoms. The number of carbonyl (C=O) groups is 1. The van der Waals surface area contributed by atoms with E-state index in [1.165, 1.54) is 17.3 Å². The Labute approximate surface area is 169 Å². The lowest BCUT2D eigenvalue weighted by Gasteiger charge is -2.13. The summed E-state index contributed by atoms with van der Waals surface area (Å²) in [6.45, 7) is 1.56. The molecule has 0 aliphatic rings. The highest BCUT2D eigenvalue weighted by atomic mass is 16.5. The molecule has 3 N–H and O–H groups in total. The fraction of sp³-hybridized carbons (Fsp3) is 0.0833. The molecule has 0 aliphatic carbocycles. The van der Waals surface area contributed by atoms with Gasteiger partial charge < -0.3 is 15.8 Å². The second-order valence-electron chi connectivity index (χ2n) is 6.71. The first-order chi connectivity index (χ1) is 14.2. The molecule has 0 bridgehead atoms. The van der Waals surface area contributed by atoms with E-state index in [1.807, 2.05) is 42.5 Å². The second-order valence-corrected chi connectivity index (χ2v) is 6.71. The van der Waals surface area contributed by atoms with Crippen molar-refractivity contribution >= 4 is 16.7 Å². The smallest absolute Gasteiger partial charge is 0.250 e. The number of nitrogens with one attached hydrogen (secondary N) is 1. The highest BCUT2D eigenvalue weighted by Gasteiger charge is 2.09. The summed E-state index contributed by atoms with van der Waals surface area (Å²) in [6.07, 6.45) is 1.42. The Morgan fingerprint density at radius 2 is 1.62 bits per heavy atom. The van der Waals surface area contributed by atoms with Crippen molar-refractivity contribution in [3.63, 3.8) is 0 Å². The Hall–Kier alpha value is -3.70. The number of fused-ring (bicyclic) bond motifs is 1. The van der Waals surface area contributed by atoms with Crippen molar-refractivity contribution in [3.05, 3.63) is 102 Å². The third-order valence-corrected chi connectivity index (χ3v) is 4.70. The summed E-state index contributed by atoms with van der Waals surface area (Å²) in [4.78, 5) is 15.4. The molecule has 29 heavy (non-hydrogen) atoms. The second kappa shape index (κ2) is 8.54. The zero-order valence-electron chi connectivity index (χ0n) is 15.8. The minimum Gasteiger partial charge on any atom is -0.438 e. The summed E-state index contributed by atoms with van der Waals surface area (Å²) >= 11 is 0. The number of hydrogen-bond acceptors (Lipinski definition) is 4. The maximum Gasteiger partial charge on any atom is 0.250 e. The zero-order chi connectivity index (χ0) is 20.1. The van der Waals surface area contributed by atoms with E-state index in [-0.39, 0.29) is 0 Å². The van der Waals surface area contributed by atoms with Crippen molar-refractivity contribution in [2.75, 3.05) is 0 Å². The molecule has 5 nitrogen and oxygen atoms in total. The first-order valence-corrected chi connectivity index (χ1v) is 9.40. The molecule has 5 heteroatoms. The van der Waals surface area contributed by atoms with Gasteiger partial charge >= 0.3 is 0 Å². The molecule has 0 fully saturated rings. The predicted molar refractivity (Wildman–Crippen MR) is 114 cm³/mol. The van der Waals surface area contributed by atoms with E-state index in [4.69, 9.17) is 10.5 Å². The molecular formula is C24H21N3O2. The number of ether oxygens (including phenoxy) is 1. The van der Waals surface area contributed by atoms with E-state index in [0.717, 1.165) is 23.9 Å². The van der Waals surface area contributed by atoms with Gasteiger partial charge in [0.1, 0.15) is 5.75 Å². The van der Waals surface area contributed by atoms with E-state index < -0.39 is 5.91 Å². The lowest BCUT2D eigenvalue weighted by atomic mass is 10.0. The van der Waals surface area contributed by atoms with Crippen molar-refractivity contribution in [1.29, 1.82) is 0 Å². The Morgan fingerprint density at radius 3 is 2.34 bits per heavy atom. The third kappa shape index (κ3) is 4.42. The van der Waals surface area contributed by atoms with Gasteiger partial charge in [-0.1, -0.05) is 60.7 Å². The number of pyridine rings is 1. The summed E-state index contributed by atoms with van der Waals surface area (Å²) in [5.74, 6) is 0.615. The third-order valence-electron chi connectivity index (χ3n) is 4.70. The Balaban J connectivity index is 1.54. The minimum atomic E-state index is -0.512. The van der Waals surface area contributed by atoms with Crippen LogP contribution in [0.5, 0.6) is 11.6 Å². The van der Waals surface area contributed by atoms with Gasteiger partial charge in [0.15, 0.2) is 0 Å². The van der Waals surface area contributed by atoms with Gasteiger partial charge in [-0.2, -0.15) is 0 Å². The van der Waals surface area contributed by atoms with Gasteiger partial charge in [0.25, 0.3) is 0 Å². The van der Waals surface area contributed by atoms with Crippen LogP contribution in [0.4, 0.5) is 0 Å². The van der Waals surface area contributed by atoms with Gasteiger partial charge in [-0.3, -0.25) is 4.79 Å². The number of aromatic nitrogens is 1. The fourth-order valence-corrected chi connectivity index (χ4v) is 3.21. The van der Waals surface area contributed by atoms with Crippen LogP contribution in [0, 0.1) is 0 Å². The average Bonchev–Trinajstić information content (AvgIpc) is 2.76. The Morgan fingerprint density at radius 1 is 0.862 bits per heavy atom. The van der Waals surface area contributed by atoms with Crippen molar-refractivity contribution in [3.8, 4) is 11.6 Å². The molecule has 144 valence electrons. The summed E-state index contributed by atoms with van der Waals surface area (Å²) < 4.78 is 5.97. The van der Waals surface area contributed by atoms with Crippen LogP contribution in [0.2, 0.25) is 0 Å². The summed E-state index contributed by atoms with van der Waals surface area (Å²) in [5, 5.41) is 5.63. The molecule has 4 aromatic rings. The van der Waals surface area contributed by atoms with Gasteiger partial charge in [-0.15, -0.1) is 0 Å². The van der Waals surface area contributed by atoms with Crippen molar-refractivity contribution in [1.82, 2.24) is 10.3 Å². The normalized spacial score (nSPS) is 10.8. The molecular weight excluding hydrogens is 362 g/mol. The molecule has 0 atom stereocenters. The zero-order valence-corrected chi connectivity index (χ0v) is 15.8. The van der Waals surface area contributed by atoms with Gasteiger partial charge in [0.2, 0.25) is 11.8 Å². The van der Waals surface area contributed by atoms with Gasteiger partial charge in [-0.05, 0) is 28.6 Å². The van der Waals surface area contributed by atoms with Crippen LogP contribution < -0.4 is 15.8 Å². The van der Waals surface area contributed by atoms with Crippen molar-refractivity contribution in [2.24, 2.45) is 5.73 Å². The number of rotatable bonds is 7. The average molecular weight is 383 g/mol. The van der Waals surface area contributed by atoms with Crippen molar-refractivity contribution in [2.45, 2.75) is 13.1 Å². The van der Waals surface area contributed by atoms with Crippen LogP contribution in [-0.4, -0.2) is 10.9 Å². The lowest BCUT2D eigenvalue weighted by molar-refractivity contribution is 0.1000. The largest absolute Gasteiger partial charge is 0.438 e. The number of benzene rings is 3. The summed E-state index contributed by atoms with van der Waals surface area (Å²) in [7, 11) is 0. The molecule has 0 radical (unpaired) electrons. The number of carbonyl (C=O) groups excluding carboxylic acids is 1. The van der Waals surface area contributed by atoms with Gasteiger partial charge in [0.05, 0.1) is 5.56 Å². The number of primary amides is 1. The first-order valence-electron chi connectivity index (χ1n) is 9.40. The van der Waals surface area contributed by atoms with E-state index >= 15 is 0 Å². The number of hydrogen-bond donors (Lipinski definition) is 2. The van der Waals surface area contributed by atoms with Crippen LogP contribution in [0.3, 0.4) is 0 Å². The molecule has 0 saturated heterocycles. The fourth-order valence-electron chi connectivity index (χ4n) is 3.21. The van der Waals surface area contributed by atoms with E-state index in [2.05, 4.69) is 34.6 Å². The Bertz CT molecular complexity index is 1130. The predicted octanol–water partition coefficient (Wildman–Crippen LogP) is 4.42. The maximum atomic E-state index is 11.2. The lowest BCUT2D eigenvalue weighted by Crippen LogP contribution is -2.12. The molecule has 1 aromatic heterocycles. The molecule has 1 heterocycles. The van der Waals surface area contributed by atoms with Crippen LogP contribution in [0.1, 0.15) is 21.5 Å². The van der Waals surface area contributed by atoms with Crippen LogP contribution in [-0.2, 0) is 13.1 Å². The SMILES string of the molecule is NC(=O)c1ccc(Oc2ccc(CNCc3ccccc3)c3ccccc23)nc1. The van der Waals surface area contributed by atoms with Crippen LogP contribution in [0.15, 0.2) is 85.1 Å². The first kappa shape index (κ1) is 18.7. The highest BCUT2D eigenvalue weighted by Crippen LogP contribution is 2.31. The Kier molecular flexibility index (Phi) is 5.49. The number of amides is 1. The molecule has 0 saturated carbocycles. The van der Waals surface area contributed by atoms with Crippen LogP contribution >= 0.6 is 0 Å². The van der Waals surface area contributed by atoms with Crippen LogP contribution in [0.25, 0.3) is 10.8 Å². The molecule has 3 aromatic carbocycles. The maximum absolute atomic E-state index is 11.2. The summed E-state index contributed by atoms with van der Waals surface area (Å²) in [5.41, 5.74) is 8.06. The van der Waals surface area contributed by atoms with Gasteiger partial charge in [-0.25, -0.2) is 4.98 Å². The molecule has 0 unspecified atom stereocenters. The standard InChI is InChI=1S/C24H21N3O2/c25-24(28)19-11-13-23(27-16-19)29-22-12-10-18(20-8-4-5-9-21(20)22)15-26-14-17-6-2-1-3-7-17/h1-13,16,26H,14-15H2,(H2,25,28). The molecule has 4 rings (SSSR count). The highest BCUT2D eigenvalue weighted by molar-refractivity contribution is 5.92. The van der Waals surface area contributed by atoms with Crippen molar-refractivity contribution < 1.29 is 9.53 Å². The van der Waals surface area contributed by atoms with E-state index in [9.17, 15) is 4.79 Å². The summed E-state index contributed by atoms with van der Waals surface area (Å²) in [6, 6.07) is 25.7.